The first-order chi connectivity index (χ1) is 27.2. The number of amides is 2. The Kier molecular flexibility index (Phi) is 42.1. The molecule has 63 heavy (non-hydrogen) atoms. The molecule has 4 N–H and O–H groups in total. The average molecular weight is 1130 g/mol. The smallest absolute Gasteiger partial charge is 1.00 e. The van der Waals surface area contributed by atoms with Crippen molar-refractivity contribution in [3.05, 3.63) is 48.0 Å². The van der Waals surface area contributed by atoms with Gasteiger partial charge in [0.15, 0.2) is 0 Å². The summed E-state index contributed by atoms with van der Waals surface area (Å²) in [6.07, 6.45) is 11.2. The summed E-state index contributed by atoms with van der Waals surface area (Å²) in [5.74, 6) is 0.158. The van der Waals surface area contributed by atoms with E-state index in [1.54, 1.807) is 45.6 Å². The number of nitrogens with one attached hydrogen (secondary N) is 2. The van der Waals surface area contributed by atoms with E-state index < -0.39 is 15.5 Å². The molecule has 2 aromatic rings. The molecule has 0 radical (unpaired) electrons. The van der Waals surface area contributed by atoms with Crippen LogP contribution in [0.3, 0.4) is 0 Å². The van der Waals surface area contributed by atoms with Crippen LogP contribution < -0.4 is 46.5 Å². The van der Waals surface area contributed by atoms with Crippen LogP contribution in [0.15, 0.2) is 36.9 Å². The third-order valence-corrected chi connectivity index (χ3v) is 11.1. The number of alkyl halides is 2. The second-order valence-electron chi connectivity index (χ2n) is 14.7. The molecule has 5 heterocycles. The van der Waals surface area contributed by atoms with Crippen LogP contribution in [0.1, 0.15) is 108 Å². The molecule has 3 aliphatic heterocycles. The molecule has 5 rings (SSSR count). The summed E-state index contributed by atoms with van der Waals surface area (Å²) in [6, 6.07) is 3.81. The van der Waals surface area contributed by atoms with Crippen molar-refractivity contribution in [3.63, 3.8) is 0 Å². The summed E-state index contributed by atoms with van der Waals surface area (Å²) in [4.78, 5) is 31.0. The van der Waals surface area contributed by atoms with E-state index in [4.69, 9.17) is 29.2 Å². The molecule has 0 saturated carbocycles. The molecule has 3 aliphatic rings. The quantitative estimate of drug-likeness (QED) is 0.121. The number of rotatable bonds is 14. The Morgan fingerprint density at radius 1 is 0.810 bits per heavy atom. The van der Waals surface area contributed by atoms with E-state index in [1.165, 1.54) is 0 Å². The normalized spacial score (nSPS) is 20.4. The fraction of sp³-hybridized carbons (Fsp3) is 0.714. The summed E-state index contributed by atoms with van der Waals surface area (Å²) in [5.41, 5.74) is 3.43. The van der Waals surface area contributed by atoms with Crippen LogP contribution in [0.25, 0.3) is 0 Å². The summed E-state index contributed by atoms with van der Waals surface area (Å²) in [7, 11) is -3.34. The van der Waals surface area contributed by atoms with Gasteiger partial charge >= 0.3 is 18.9 Å². The maximum Gasteiger partial charge on any atom is 1.00 e. The first kappa shape index (κ1) is 71.2. The van der Waals surface area contributed by atoms with E-state index in [0.29, 0.717) is 18.6 Å². The molecule has 0 aromatic carbocycles. The molecule has 0 bridgehead atoms. The molecular weight excluding hydrogens is 1050 g/mol. The van der Waals surface area contributed by atoms with Gasteiger partial charge < -0.3 is 56.8 Å². The molecule has 8 atom stereocenters. The van der Waals surface area contributed by atoms with Gasteiger partial charge in [0.2, 0.25) is 11.8 Å². The standard InChI is InChI=1S/C13H16N2O2.C8H18O4S.C7H6N2O.C6H12Br2O.C6H14O3.2CH4.BrH.ClH.Li/c1-8-5-13(6-9(2)17-8)10-3-4-14-7-11(10)15-12(13)16;1-5-7(2)12-8(3)6-11-13(4,9)10;10-7-3-5-1-2-8-4-6(5)9-7;2*1-5(3-7)9-6(2)4-8;;;;;/h3-4,7-9H,5-6H2,1-2H3,(H,15,16);7-8H,5-6H2,1-4H3;1-2,4H,3H2,(H,9,10);5-6H,3-4H2,1-2H3;5-8H,3-4H2,1-2H3;2*1H4;2*1H;/q;;;;;;;;;+1/p-1. The Balaban J connectivity index is -0.000000224. The third-order valence-electron chi connectivity index (χ3n) is 8.73. The van der Waals surface area contributed by atoms with E-state index in [2.05, 4.69) is 56.6 Å². The minimum absolute atomic E-state index is 0. The number of carbonyl (C=O) groups excluding carboxylic acids is 2. The minimum atomic E-state index is -3.34. The van der Waals surface area contributed by atoms with Gasteiger partial charge in [0, 0.05) is 23.1 Å². The third kappa shape index (κ3) is 28.2. The van der Waals surface area contributed by atoms with E-state index in [1.807, 2.05) is 53.7 Å². The first-order valence-electron chi connectivity index (χ1n) is 19.5. The van der Waals surface area contributed by atoms with E-state index >= 15 is 0 Å². The van der Waals surface area contributed by atoms with Gasteiger partial charge in [-0.3, -0.25) is 23.7 Å². The molecular formula is C42H75Br3ClLiN4O11S. The maximum absolute atomic E-state index is 12.3. The van der Waals surface area contributed by atoms with Crippen LogP contribution in [-0.4, -0.2) is 126 Å². The Morgan fingerprint density at radius 3 is 1.71 bits per heavy atom. The molecule has 0 aliphatic carbocycles. The molecule has 1 spiro atoms. The minimum Gasteiger partial charge on any atom is -1.00 e. The number of hydrogen-bond donors (Lipinski definition) is 4. The number of halogens is 4. The summed E-state index contributed by atoms with van der Waals surface area (Å²) >= 11 is 6.66. The van der Waals surface area contributed by atoms with Crippen LogP contribution in [0.4, 0.5) is 11.4 Å². The van der Waals surface area contributed by atoms with Gasteiger partial charge in [-0.15, -0.1) is 12.4 Å². The number of aliphatic hydroxyl groups is 2. The number of aliphatic hydroxyl groups excluding tert-OH is 2. The van der Waals surface area contributed by atoms with Gasteiger partial charge in [-0.2, -0.15) is 8.42 Å². The Labute approximate surface area is 424 Å². The van der Waals surface area contributed by atoms with Crippen LogP contribution in [-0.2, 0) is 54.7 Å². The van der Waals surface area contributed by atoms with Crippen LogP contribution in [0.5, 0.6) is 0 Å². The van der Waals surface area contributed by atoms with Gasteiger partial charge in [-0.25, -0.2) is 0 Å². The predicted molar refractivity (Wildman–Crippen MR) is 254 cm³/mol. The molecule has 2 aromatic heterocycles. The van der Waals surface area contributed by atoms with Gasteiger partial charge in [-0.05, 0) is 97.9 Å². The zero-order valence-corrected chi connectivity index (χ0v) is 43.8. The van der Waals surface area contributed by atoms with E-state index in [9.17, 15) is 18.0 Å². The van der Waals surface area contributed by atoms with Crippen LogP contribution >= 0.6 is 44.3 Å². The fourth-order valence-electron chi connectivity index (χ4n) is 6.00. The Bertz CT molecular complexity index is 1560. The fourth-order valence-corrected chi connectivity index (χ4v) is 6.74. The molecule has 1 fully saturated rings. The van der Waals surface area contributed by atoms with Crippen molar-refractivity contribution in [1.29, 1.82) is 0 Å². The Hall–Kier alpha value is -0.763. The van der Waals surface area contributed by atoms with Gasteiger partial charge in [0.05, 0.1) is 111 Å². The topological polar surface area (TPSA) is 205 Å². The van der Waals surface area contributed by atoms with E-state index in [-0.39, 0.29) is 131 Å². The number of pyridine rings is 2. The van der Waals surface area contributed by atoms with Crippen LogP contribution in [0.2, 0.25) is 0 Å². The van der Waals surface area contributed by atoms with Crippen molar-refractivity contribution in [1.82, 2.24) is 9.97 Å². The maximum atomic E-state index is 12.3. The molecule has 2 amide bonds. The van der Waals surface area contributed by atoms with Gasteiger partial charge in [0.25, 0.3) is 10.1 Å². The van der Waals surface area contributed by atoms with Crippen LogP contribution in [0, 0.1) is 0 Å². The summed E-state index contributed by atoms with van der Waals surface area (Å²) < 4.78 is 47.5. The second-order valence-corrected chi connectivity index (χ2v) is 17.7. The number of hydrogen-bond acceptors (Lipinski definition) is 13. The number of carbonyl (C=O) groups is 2. The zero-order chi connectivity index (χ0) is 44.1. The molecule has 1 saturated heterocycles. The van der Waals surface area contributed by atoms with Gasteiger partial charge in [0.1, 0.15) is 0 Å². The zero-order valence-electron chi connectivity index (χ0n) is 37.4. The molecule has 364 valence electrons. The number of fused-ring (bicyclic) bond motifs is 3. The number of anilines is 2. The van der Waals surface area contributed by atoms with Gasteiger partial charge in [-0.1, -0.05) is 53.6 Å². The number of aromatic nitrogens is 2. The van der Waals surface area contributed by atoms with Crippen molar-refractivity contribution in [2.45, 2.75) is 157 Å². The van der Waals surface area contributed by atoms with Crippen molar-refractivity contribution in [3.8, 4) is 0 Å². The summed E-state index contributed by atoms with van der Waals surface area (Å²) in [5, 5.41) is 24.4. The number of nitrogens with zero attached hydrogens (tertiary/aromatic N) is 2. The SMILES string of the molecule is C.C.CC(CBr)OC(C)CBr.CC(CO)OC(C)CO.CC1CC2(CC(C)O1)C(=O)Nc1cnccc12.CCC(C)OC(C)COS(C)(=O)=O.Cl.O=C1Cc2ccncc2N1.[Br-].[Li+]. The average Bonchev–Trinajstić information content (AvgIpc) is 3.68. The largest absolute Gasteiger partial charge is 1.00 e. The monoisotopic (exact) mass is 1120 g/mol. The van der Waals surface area contributed by atoms with Crippen molar-refractivity contribution < 1.29 is 87.2 Å². The Morgan fingerprint density at radius 2 is 1.27 bits per heavy atom. The molecule has 15 nitrogen and oxygen atoms in total. The summed E-state index contributed by atoms with van der Waals surface area (Å²) in [6.45, 7) is 17.5. The van der Waals surface area contributed by atoms with Crippen molar-refractivity contribution >= 4 is 77.6 Å². The number of ether oxygens (including phenoxy) is 4. The first-order valence-corrected chi connectivity index (χ1v) is 23.6. The molecule has 21 heteroatoms. The van der Waals surface area contributed by atoms with Crippen molar-refractivity contribution in [2.75, 3.05) is 47.4 Å². The van der Waals surface area contributed by atoms with E-state index in [0.717, 1.165) is 58.7 Å². The van der Waals surface area contributed by atoms with Crippen molar-refractivity contribution in [2.24, 2.45) is 0 Å². The predicted octanol–water partition coefficient (Wildman–Crippen LogP) is 1.64. The second kappa shape index (κ2) is 37.2. The molecule has 8 unspecified atom stereocenters.